The normalized spacial score (nSPS) is 11.3. The molecule has 0 aliphatic carbocycles. The van der Waals surface area contributed by atoms with Crippen LogP contribution in [0.3, 0.4) is 0 Å². The monoisotopic (exact) mass is 431 g/mol. The van der Waals surface area contributed by atoms with E-state index in [1.807, 2.05) is 31.2 Å². The first kappa shape index (κ1) is 19.3. The molecular formula is C23H18ClN5O2. The third kappa shape index (κ3) is 3.75. The summed E-state index contributed by atoms with van der Waals surface area (Å²) in [6.45, 7) is 2.67. The first-order chi connectivity index (χ1) is 15.1. The van der Waals surface area contributed by atoms with Crippen LogP contribution in [0.2, 0.25) is 5.02 Å². The minimum Gasteiger partial charge on any atom is -0.467 e. The minimum absolute atomic E-state index is 0.136. The van der Waals surface area contributed by atoms with Gasteiger partial charge >= 0.3 is 0 Å². The Labute approximate surface area is 182 Å². The fraction of sp³-hybridized carbons (Fsp3) is 0.130. The van der Waals surface area contributed by atoms with Crippen LogP contribution in [0.5, 0.6) is 0 Å². The topological polar surface area (TPSA) is 76.5 Å². The molecular weight excluding hydrogens is 414 g/mol. The highest BCUT2D eigenvalue weighted by Crippen LogP contribution is 2.23. The van der Waals surface area contributed by atoms with Gasteiger partial charge in [-0.15, -0.1) is 5.10 Å². The van der Waals surface area contributed by atoms with Gasteiger partial charge in [0.05, 0.1) is 24.9 Å². The van der Waals surface area contributed by atoms with Crippen molar-refractivity contribution >= 4 is 34.1 Å². The number of hydrogen-bond acceptors (Lipinski definition) is 5. The molecule has 154 valence electrons. The van der Waals surface area contributed by atoms with Gasteiger partial charge in [0, 0.05) is 21.5 Å². The molecule has 0 bridgehead atoms. The number of aromatic nitrogens is 4. The number of hydrogen-bond donors (Lipinski definition) is 0. The number of tetrazole rings is 1. The standard InChI is InChI=1S/C23H18ClN5O2/c1-15-4-9-21-17(11-15)12-18(22-25-26-27-29(21)22)13-28(14-20-3-2-10-31-20)23(30)16-5-7-19(24)8-6-16/h2-12H,13-14H2,1H3. The van der Waals surface area contributed by atoms with Crippen molar-refractivity contribution in [1.82, 2.24) is 24.9 Å². The van der Waals surface area contributed by atoms with E-state index in [0.29, 0.717) is 35.1 Å². The van der Waals surface area contributed by atoms with E-state index in [1.165, 1.54) is 0 Å². The number of aryl methyl sites for hydroxylation is 1. The highest BCUT2D eigenvalue weighted by Gasteiger charge is 2.21. The fourth-order valence-corrected chi connectivity index (χ4v) is 3.80. The number of rotatable bonds is 5. The number of halogens is 1. The number of furan rings is 1. The number of pyridine rings is 1. The average Bonchev–Trinajstić information content (AvgIpc) is 3.45. The van der Waals surface area contributed by atoms with Crippen LogP contribution in [0.4, 0.5) is 0 Å². The summed E-state index contributed by atoms with van der Waals surface area (Å²) in [5.74, 6) is 0.553. The Bertz CT molecular complexity index is 1380. The van der Waals surface area contributed by atoms with Gasteiger partial charge in [0.15, 0.2) is 5.65 Å². The maximum absolute atomic E-state index is 13.4. The molecule has 0 unspecified atom stereocenters. The Hall–Kier alpha value is -3.71. The molecule has 31 heavy (non-hydrogen) atoms. The van der Waals surface area contributed by atoms with E-state index in [9.17, 15) is 4.79 Å². The summed E-state index contributed by atoms with van der Waals surface area (Å²) >= 11 is 6.00. The fourth-order valence-electron chi connectivity index (χ4n) is 3.67. The van der Waals surface area contributed by atoms with Gasteiger partial charge in [0.2, 0.25) is 0 Å². The van der Waals surface area contributed by atoms with Gasteiger partial charge in [-0.2, -0.15) is 4.52 Å². The molecule has 5 aromatic rings. The van der Waals surface area contributed by atoms with Crippen LogP contribution in [0.25, 0.3) is 16.6 Å². The second kappa shape index (κ2) is 7.85. The van der Waals surface area contributed by atoms with Gasteiger partial charge in [0.1, 0.15) is 5.76 Å². The summed E-state index contributed by atoms with van der Waals surface area (Å²) in [4.78, 5) is 15.1. The molecule has 0 aliphatic rings. The second-order valence-corrected chi connectivity index (χ2v) is 7.83. The third-order valence-corrected chi connectivity index (χ3v) is 5.42. The largest absolute Gasteiger partial charge is 0.467 e. The van der Waals surface area contributed by atoms with Crippen molar-refractivity contribution in [2.75, 3.05) is 0 Å². The van der Waals surface area contributed by atoms with Crippen LogP contribution in [-0.4, -0.2) is 30.8 Å². The van der Waals surface area contributed by atoms with Gasteiger partial charge in [0.25, 0.3) is 5.91 Å². The molecule has 5 rings (SSSR count). The number of amides is 1. The van der Waals surface area contributed by atoms with E-state index >= 15 is 0 Å². The van der Waals surface area contributed by atoms with E-state index in [-0.39, 0.29) is 5.91 Å². The zero-order chi connectivity index (χ0) is 21.4. The van der Waals surface area contributed by atoms with Crippen molar-refractivity contribution in [2.24, 2.45) is 0 Å². The molecule has 0 aliphatic heterocycles. The molecule has 8 heteroatoms. The van der Waals surface area contributed by atoms with E-state index in [4.69, 9.17) is 16.0 Å². The Morgan fingerprint density at radius 3 is 2.71 bits per heavy atom. The van der Waals surface area contributed by atoms with Gasteiger partial charge in [-0.25, -0.2) is 0 Å². The molecule has 0 saturated heterocycles. The van der Waals surface area contributed by atoms with Crippen LogP contribution in [0, 0.1) is 6.92 Å². The molecule has 0 atom stereocenters. The van der Waals surface area contributed by atoms with Gasteiger partial charge in [-0.3, -0.25) is 4.79 Å². The number of nitrogens with zero attached hydrogens (tertiary/aromatic N) is 5. The summed E-state index contributed by atoms with van der Waals surface area (Å²) in [6, 6.07) is 18.7. The number of carbonyl (C=O) groups is 1. The summed E-state index contributed by atoms with van der Waals surface area (Å²) in [5, 5.41) is 13.8. The Morgan fingerprint density at radius 1 is 1.10 bits per heavy atom. The molecule has 0 spiro atoms. The summed E-state index contributed by atoms with van der Waals surface area (Å²) in [7, 11) is 0. The van der Waals surface area contributed by atoms with Crippen LogP contribution in [0.1, 0.15) is 27.2 Å². The SMILES string of the molecule is Cc1ccc2c(c1)cc(CN(Cc1ccco1)C(=O)c1ccc(Cl)cc1)c1nnnn12. The molecule has 3 aromatic heterocycles. The van der Waals surface area contributed by atoms with E-state index < -0.39 is 0 Å². The maximum Gasteiger partial charge on any atom is 0.254 e. The number of benzene rings is 2. The van der Waals surface area contributed by atoms with Crippen molar-refractivity contribution in [3.8, 4) is 0 Å². The smallest absolute Gasteiger partial charge is 0.254 e. The van der Waals surface area contributed by atoms with E-state index in [2.05, 4.69) is 21.6 Å². The first-order valence-corrected chi connectivity index (χ1v) is 10.1. The third-order valence-electron chi connectivity index (χ3n) is 5.16. The predicted molar refractivity (Wildman–Crippen MR) is 117 cm³/mol. The maximum atomic E-state index is 13.4. The summed E-state index contributed by atoms with van der Waals surface area (Å²) in [5.41, 5.74) is 4.05. The quantitative estimate of drug-likeness (QED) is 0.404. The van der Waals surface area contributed by atoms with Crippen LogP contribution in [0.15, 0.2) is 71.3 Å². The lowest BCUT2D eigenvalue weighted by molar-refractivity contribution is 0.0718. The molecule has 1 amide bonds. The molecule has 0 saturated carbocycles. The van der Waals surface area contributed by atoms with Gasteiger partial charge < -0.3 is 9.32 Å². The summed E-state index contributed by atoms with van der Waals surface area (Å²) < 4.78 is 7.22. The van der Waals surface area contributed by atoms with Crippen LogP contribution in [-0.2, 0) is 13.1 Å². The van der Waals surface area contributed by atoms with Crippen LogP contribution >= 0.6 is 11.6 Å². The van der Waals surface area contributed by atoms with Crippen LogP contribution < -0.4 is 0 Å². The van der Waals surface area contributed by atoms with Crippen molar-refractivity contribution in [2.45, 2.75) is 20.0 Å². The highest BCUT2D eigenvalue weighted by molar-refractivity contribution is 6.30. The van der Waals surface area contributed by atoms with Crippen molar-refractivity contribution < 1.29 is 9.21 Å². The minimum atomic E-state index is -0.136. The number of fused-ring (bicyclic) bond motifs is 3. The first-order valence-electron chi connectivity index (χ1n) is 9.76. The van der Waals surface area contributed by atoms with Gasteiger partial charge in [-0.1, -0.05) is 23.2 Å². The Morgan fingerprint density at radius 2 is 1.94 bits per heavy atom. The van der Waals surface area contributed by atoms with E-state index in [1.54, 1.807) is 46.0 Å². The van der Waals surface area contributed by atoms with Crippen molar-refractivity contribution in [3.63, 3.8) is 0 Å². The molecule has 3 heterocycles. The lowest BCUT2D eigenvalue weighted by Crippen LogP contribution is -2.30. The lowest BCUT2D eigenvalue weighted by atomic mass is 10.1. The van der Waals surface area contributed by atoms with Gasteiger partial charge in [-0.05, 0) is 71.9 Å². The zero-order valence-electron chi connectivity index (χ0n) is 16.7. The van der Waals surface area contributed by atoms with E-state index in [0.717, 1.165) is 22.0 Å². The number of carbonyl (C=O) groups excluding carboxylic acids is 1. The molecule has 7 nitrogen and oxygen atoms in total. The highest BCUT2D eigenvalue weighted by atomic mass is 35.5. The lowest BCUT2D eigenvalue weighted by Gasteiger charge is -2.22. The molecule has 2 aromatic carbocycles. The van der Waals surface area contributed by atoms with Crippen molar-refractivity contribution in [3.05, 3.63) is 94.4 Å². The van der Waals surface area contributed by atoms with Crippen molar-refractivity contribution in [1.29, 1.82) is 0 Å². The molecule has 0 N–H and O–H groups in total. The average molecular weight is 432 g/mol. The molecule has 0 fully saturated rings. The molecule has 0 radical (unpaired) electrons. The Balaban J connectivity index is 1.58. The predicted octanol–water partition coefficient (Wildman–Crippen LogP) is 4.67. The summed E-state index contributed by atoms with van der Waals surface area (Å²) in [6.07, 6.45) is 1.60. The Kier molecular flexibility index (Phi) is 4.88. The zero-order valence-corrected chi connectivity index (χ0v) is 17.5. The second-order valence-electron chi connectivity index (χ2n) is 7.39.